The van der Waals surface area contributed by atoms with E-state index < -0.39 is 46.1 Å². The fourth-order valence-electron chi connectivity index (χ4n) is 1.02. The smallest absolute Gasteiger partial charge is 0.200 e. The second-order valence-electron chi connectivity index (χ2n) is 3.36. The Morgan fingerprint density at radius 2 is 1.42 bits per heavy atom. The maximum Gasteiger partial charge on any atom is 0.200 e. The molecule has 0 aliphatic heterocycles. The number of hydrogen-bond donors (Lipinski definition) is 0. The maximum absolute atomic E-state index is 13.2. The lowest BCUT2D eigenvalue weighted by Gasteiger charge is -2.07. The van der Waals surface area contributed by atoms with Crippen LogP contribution in [0.3, 0.4) is 0 Å². The van der Waals surface area contributed by atoms with Crippen molar-refractivity contribution < 1.29 is 26.8 Å². The summed E-state index contributed by atoms with van der Waals surface area (Å²) in [7, 11) is 0. The van der Waals surface area contributed by atoms with Crippen molar-refractivity contribution >= 4 is 28.9 Å². The Kier molecular flexibility index (Phi) is 5.37. The third-order valence-electron chi connectivity index (χ3n) is 2.03. The molecule has 106 valence electrons. The summed E-state index contributed by atoms with van der Waals surface area (Å²) in [6.07, 6.45) is 0. The van der Waals surface area contributed by atoms with E-state index in [-0.39, 0.29) is 5.71 Å². The molecule has 0 aromatic heterocycles. The van der Waals surface area contributed by atoms with Crippen LogP contribution >= 0.6 is 23.2 Å². The molecule has 2 nitrogen and oxygen atoms in total. The molecular weight excluding hydrogens is 316 g/mol. The summed E-state index contributed by atoms with van der Waals surface area (Å²) >= 11 is 10.8. The van der Waals surface area contributed by atoms with Crippen molar-refractivity contribution in [3.8, 4) is 0 Å². The van der Waals surface area contributed by atoms with Crippen LogP contribution in [-0.4, -0.2) is 10.5 Å². The monoisotopic (exact) mass is 321 g/mol. The van der Waals surface area contributed by atoms with Gasteiger partial charge in [0.1, 0.15) is 11.4 Å². The van der Waals surface area contributed by atoms with Crippen molar-refractivity contribution in [3.63, 3.8) is 0 Å². The van der Waals surface area contributed by atoms with Crippen LogP contribution < -0.4 is 0 Å². The van der Waals surface area contributed by atoms with Gasteiger partial charge in [-0.15, -0.1) is 0 Å². The van der Waals surface area contributed by atoms with Gasteiger partial charge in [0.05, 0.1) is 11.3 Å². The van der Waals surface area contributed by atoms with Gasteiger partial charge in [0, 0.05) is 0 Å². The van der Waals surface area contributed by atoms with Crippen molar-refractivity contribution in [2.45, 2.75) is 18.4 Å². The number of rotatable bonds is 4. The maximum atomic E-state index is 13.2. The molecule has 1 rings (SSSR count). The average Bonchev–Trinajstić information content (AvgIpc) is 2.37. The summed E-state index contributed by atoms with van der Waals surface area (Å²) in [5.74, 6) is -10.3. The van der Waals surface area contributed by atoms with Crippen LogP contribution in [-0.2, 0) is 11.4 Å². The molecule has 9 heteroatoms. The summed E-state index contributed by atoms with van der Waals surface area (Å²) < 4.78 is 64.7. The van der Waals surface area contributed by atoms with Crippen molar-refractivity contribution in [3.05, 3.63) is 34.6 Å². The summed E-state index contributed by atoms with van der Waals surface area (Å²) in [4.78, 5) is 3.42. The molecule has 0 saturated carbocycles. The molecule has 0 spiro atoms. The van der Waals surface area contributed by atoms with Crippen LogP contribution in [0.5, 0.6) is 0 Å². The largest absolute Gasteiger partial charge is 0.391 e. The zero-order chi connectivity index (χ0) is 14.7. The van der Waals surface area contributed by atoms with Crippen LogP contribution in [0, 0.1) is 29.1 Å². The number of benzene rings is 1. The first-order valence-corrected chi connectivity index (χ1v) is 5.59. The van der Waals surface area contributed by atoms with Gasteiger partial charge in [-0.2, -0.15) is 0 Å². The zero-order valence-electron chi connectivity index (χ0n) is 9.29. The predicted molar refractivity (Wildman–Crippen MR) is 59.6 cm³/mol. The van der Waals surface area contributed by atoms with Gasteiger partial charge in [0.15, 0.2) is 23.3 Å². The highest BCUT2D eigenvalue weighted by molar-refractivity contribution is 6.54. The molecule has 0 fully saturated rings. The van der Waals surface area contributed by atoms with Crippen molar-refractivity contribution in [2.75, 3.05) is 0 Å². The predicted octanol–water partition coefficient (Wildman–Crippen LogP) is 4.08. The minimum Gasteiger partial charge on any atom is -0.391 e. The van der Waals surface area contributed by atoms with Crippen LogP contribution in [0.15, 0.2) is 5.16 Å². The minimum absolute atomic E-state index is 0.0622. The minimum atomic E-state index is -2.24. The molecule has 0 radical (unpaired) electrons. The summed E-state index contributed by atoms with van der Waals surface area (Å²) in [5, 5.41) is 3.26. The molecule has 0 aliphatic rings. The first kappa shape index (κ1) is 16.0. The highest BCUT2D eigenvalue weighted by Gasteiger charge is 2.25. The Bertz CT molecular complexity index is 492. The Morgan fingerprint density at radius 1 is 1.00 bits per heavy atom. The third kappa shape index (κ3) is 3.48. The average molecular weight is 322 g/mol. The number of hydrogen-bond acceptors (Lipinski definition) is 2. The Labute approximate surface area is 114 Å². The third-order valence-corrected chi connectivity index (χ3v) is 2.67. The molecule has 0 N–H and O–H groups in total. The first-order valence-electron chi connectivity index (χ1n) is 4.72. The molecular formula is C10H6Cl2F5NO. The molecule has 0 bridgehead atoms. The highest BCUT2D eigenvalue weighted by atomic mass is 35.5. The van der Waals surface area contributed by atoms with E-state index in [0.29, 0.717) is 0 Å². The topological polar surface area (TPSA) is 21.6 Å². The lowest BCUT2D eigenvalue weighted by molar-refractivity contribution is 0.122. The molecule has 0 saturated heterocycles. The highest BCUT2D eigenvalue weighted by Crippen LogP contribution is 2.23. The number of halogens is 7. The molecule has 0 aliphatic carbocycles. The summed E-state index contributed by atoms with van der Waals surface area (Å²) in [5.41, 5.74) is -1.07. The SMILES string of the molecule is C/C(=N/OCc1c(F)c(F)c(F)c(F)c1F)C(Cl)Cl. The molecule has 1 aromatic rings. The Hall–Kier alpha value is -1.08. The number of nitrogens with zero attached hydrogens (tertiary/aromatic N) is 1. The Morgan fingerprint density at radius 3 is 1.84 bits per heavy atom. The van der Waals surface area contributed by atoms with Gasteiger partial charge in [-0.1, -0.05) is 28.4 Å². The van der Waals surface area contributed by atoms with Crippen molar-refractivity contribution in [1.29, 1.82) is 0 Å². The van der Waals surface area contributed by atoms with E-state index in [1.54, 1.807) is 0 Å². The van der Waals surface area contributed by atoms with Gasteiger partial charge in [0.2, 0.25) is 5.82 Å². The van der Waals surface area contributed by atoms with Crippen LogP contribution in [0.4, 0.5) is 22.0 Å². The van der Waals surface area contributed by atoms with E-state index in [0.717, 1.165) is 0 Å². The Balaban J connectivity index is 3.00. The summed E-state index contributed by atoms with van der Waals surface area (Å²) in [6, 6.07) is 0. The summed E-state index contributed by atoms with van der Waals surface area (Å²) in [6.45, 7) is 0.396. The lowest BCUT2D eigenvalue weighted by Crippen LogP contribution is -2.09. The second-order valence-corrected chi connectivity index (χ2v) is 4.45. The lowest BCUT2D eigenvalue weighted by atomic mass is 10.2. The van der Waals surface area contributed by atoms with Gasteiger partial charge in [-0.25, -0.2) is 22.0 Å². The van der Waals surface area contributed by atoms with Gasteiger partial charge in [-0.3, -0.25) is 0 Å². The van der Waals surface area contributed by atoms with Crippen LogP contribution in [0.2, 0.25) is 0 Å². The number of oxime groups is 1. The molecule has 1 aromatic carbocycles. The number of alkyl halides is 2. The molecule has 19 heavy (non-hydrogen) atoms. The second kappa shape index (κ2) is 6.38. The van der Waals surface area contributed by atoms with Gasteiger partial charge < -0.3 is 4.84 Å². The molecule has 0 amide bonds. The van der Waals surface area contributed by atoms with Crippen LogP contribution in [0.25, 0.3) is 0 Å². The van der Waals surface area contributed by atoms with E-state index in [9.17, 15) is 22.0 Å². The quantitative estimate of drug-likeness (QED) is 0.204. The molecule has 0 atom stereocenters. The van der Waals surface area contributed by atoms with E-state index >= 15 is 0 Å². The van der Waals surface area contributed by atoms with E-state index in [1.807, 2.05) is 0 Å². The fourth-order valence-corrected chi connectivity index (χ4v) is 1.10. The van der Waals surface area contributed by atoms with E-state index in [2.05, 4.69) is 9.99 Å². The zero-order valence-corrected chi connectivity index (χ0v) is 10.8. The van der Waals surface area contributed by atoms with E-state index in [1.165, 1.54) is 6.92 Å². The normalized spacial score (nSPS) is 12.2. The molecule has 0 unspecified atom stereocenters. The first-order chi connectivity index (χ1) is 8.77. The molecule has 0 heterocycles. The van der Waals surface area contributed by atoms with Crippen molar-refractivity contribution in [2.24, 2.45) is 5.16 Å². The fraction of sp³-hybridized carbons (Fsp3) is 0.300. The van der Waals surface area contributed by atoms with Gasteiger partial charge in [-0.05, 0) is 6.92 Å². The van der Waals surface area contributed by atoms with E-state index in [4.69, 9.17) is 23.2 Å². The van der Waals surface area contributed by atoms with Crippen molar-refractivity contribution in [1.82, 2.24) is 0 Å². The van der Waals surface area contributed by atoms with Gasteiger partial charge >= 0.3 is 0 Å². The van der Waals surface area contributed by atoms with Gasteiger partial charge in [0.25, 0.3) is 0 Å². The standard InChI is InChI=1S/C10H6Cl2F5NO/c1-3(10(11)12)18-19-2-4-5(13)7(15)9(17)8(16)6(4)14/h10H,2H2,1H3/b18-3-. The van der Waals surface area contributed by atoms with Crippen LogP contribution in [0.1, 0.15) is 12.5 Å².